The molecule has 1 fully saturated rings. The van der Waals surface area contributed by atoms with Gasteiger partial charge in [0, 0.05) is 31.6 Å². The van der Waals surface area contributed by atoms with Crippen molar-refractivity contribution in [2.45, 2.75) is 51.1 Å². The summed E-state index contributed by atoms with van der Waals surface area (Å²) >= 11 is 0. The van der Waals surface area contributed by atoms with E-state index in [1.54, 1.807) is 0 Å². The first-order valence-electron chi connectivity index (χ1n) is 11.0. The van der Waals surface area contributed by atoms with E-state index in [0.717, 1.165) is 53.5 Å². The summed E-state index contributed by atoms with van der Waals surface area (Å²) in [5, 5.41) is 7.80. The minimum atomic E-state index is 0.110. The predicted octanol–water partition coefficient (Wildman–Crippen LogP) is 4.09. The Kier molecular flexibility index (Phi) is 6.35. The van der Waals surface area contributed by atoms with Crippen LogP contribution in [0.2, 0.25) is 0 Å². The summed E-state index contributed by atoms with van der Waals surface area (Å²) in [6.07, 6.45) is 4.35. The molecule has 2 N–H and O–H groups in total. The summed E-state index contributed by atoms with van der Waals surface area (Å²) in [6, 6.07) is 16.7. The molecule has 1 saturated carbocycles. The van der Waals surface area contributed by atoms with E-state index in [-0.39, 0.29) is 11.9 Å². The van der Waals surface area contributed by atoms with E-state index >= 15 is 0 Å². The Bertz CT molecular complexity index is 1060. The maximum absolute atomic E-state index is 12.5. The summed E-state index contributed by atoms with van der Waals surface area (Å²) in [6.45, 7) is 2.05. The van der Waals surface area contributed by atoms with Crippen molar-refractivity contribution in [2.75, 3.05) is 24.3 Å². The lowest BCUT2D eigenvalue weighted by atomic mass is 9.91. The van der Waals surface area contributed by atoms with E-state index in [1.165, 1.54) is 0 Å². The zero-order valence-corrected chi connectivity index (χ0v) is 18.6. The number of benzene rings is 2. The van der Waals surface area contributed by atoms with Crippen molar-refractivity contribution in [2.24, 2.45) is 0 Å². The molecule has 1 aromatic heterocycles. The van der Waals surface area contributed by atoms with Crippen LogP contribution in [-0.4, -0.2) is 42.1 Å². The van der Waals surface area contributed by atoms with Gasteiger partial charge in [0.15, 0.2) is 0 Å². The SMILES string of the molecule is Cc1ccccc1CC(=O)NC1CCC(Nc2nc(N(C)C)c3ccccc3n2)CC1. The molecule has 0 spiro atoms. The second-order valence-corrected chi connectivity index (χ2v) is 8.65. The Balaban J connectivity index is 1.33. The van der Waals surface area contributed by atoms with Crippen molar-refractivity contribution in [1.82, 2.24) is 15.3 Å². The van der Waals surface area contributed by atoms with E-state index in [9.17, 15) is 4.79 Å². The average Bonchev–Trinajstić information content (AvgIpc) is 2.76. The van der Waals surface area contributed by atoms with Gasteiger partial charge in [-0.1, -0.05) is 36.4 Å². The maximum Gasteiger partial charge on any atom is 0.225 e. The van der Waals surface area contributed by atoms with Gasteiger partial charge in [0.25, 0.3) is 0 Å². The van der Waals surface area contributed by atoms with E-state index < -0.39 is 0 Å². The highest BCUT2D eigenvalue weighted by Gasteiger charge is 2.23. The van der Waals surface area contributed by atoms with Gasteiger partial charge >= 0.3 is 0 Å². The van der Waals surface area contributed by atoms with Crippen LogP contribution in [0, 0.1) is 6.92 Å². The van der Waals surface area contributed by atoms with Gasteiger partial charge < -0.3 is 15.5 Å². The van der Waals surface area contributed by atoms with Gasteiger partial charge in [-0.15, -0.1) is 0 Å². The van der Waals surface area contributed by atoms with Crippen molar-refractivity contribution < 1.29 is 4.79 Å². The number of hydrogen-bond acceptors (Lipinski definition) is 5. The number of amides is 1. The van der Waals surface area contributed by atoms with Crippen molar-refractivity contribution in [3.63, 3.8) is 0 Å². The number of carbonyl (C=O) groups excluding carboxylic acids is 1. The largest absolute Gasteiger partial charge is 0.362 e. The topological polar surface area (TPSA) is 70.2 Å². The van der Waals surface area contributed by atoms with Crippen LogP contribution in [0.3, 0.4) is 0 Å². The Labute approximate surface area is 184 Å². The predicted molar refractivity (Wildman–Crippen MR) is 127 cm³/mol. The van der Waals surface area contributed by atoms with Gasteiger partial charge in [0.2, 0.25) is 11.9 Å². The van der Waals surface area contributed by atoms with Crippen molar-refractivity contribution >= 4 is 28.6 Å². The van der Waals surface area contributed by atoms with Crippen molar-refractivity contribution in [3.8, 4) is 0 Å². The lowest BCUT2D eigenvalue weighted by molar-refractivity contribution is -0.121. The number of fused-ring (bicyclic) bond motifs is 1. The van der Waals surface area contributed by atoms with E-state index in [1.807, 2.05) is 55.4 Å². The lowest BCUT2D eigenvalue weighted by Crippen LogP contribution is -2.41. The molecule has 6 heteroatoms. The molecule has 0 radical (unpaired) electrons. The van der Waals surface area contributed by atoms with Gasteiger partial charge in [-0.2, -0.15) is 4.98 Å². The molecule has 0 saturated heterocycles. The van der Waals surface area contributed by atoms with Gasteiger partial charge in [0.05, 0.1) is 11.9 Å². The quantitative estimate of drug-likeness (QED) is 0.632. The van der Waals surface area contributed by atoms with Gasteiger partial charge in [-0.25, -0.2) is 4.98 Å². The molecule has 2 aromatic carbocycles. The zero-order valence-electron chi connectivity index (χ0n) is 18.6. The number of rotatable bonds is 6. The molecular formula is C25H31N5O. The third-order valence-corrected chi connectivity index (χ3v) is 6.04. The molecule has 0 unspecified atom stereocenters. The number of nitrogens with one attached hydrogen (secondary N) is 2. The summed E-state index contributed by atoms with van der Waals surface area (Å²) in [4.78, 5) is 24.0. The van der Waals surface area contributed by atoms with Gasteiger partial charge in [-0.05, 0) is 55.9 Å². The van der Waals surface area contributed by atoms with Crippen LogP contribution in [0.15, 0.2) is 48.5 Å². The Hall–Kier alpha value is -3.15. The molecule has 1 heterocycles. The monoisotopic (exact) mass is 417 g/mol. The van der Waals surface area contributed by atoms with Gasteiger partial charge in [0.1, 0.15) is 5.82 Å². The molecule has 4 rings (SSSR count). The smallest absolute Gasteiger partial charge is 0.225 e. The summed E-state index contributed by atoms with van der Waals surface area (Å²) in [5.74, 6) is 1.71. The van der Waals surface area contributed by atoms with Crippen molar-refractivity contribution in [3.05, 3.63) is 59.7 Å². The molecule has 1 aliphatic carbocycles. The molecule has 31 heavy (non-hydrogen) atoms. The second kappa shape index (κ2) is 9.33. The minimum absolute atomic E-state index is 0.110. The number of para-hydroxylation sites is 1. The minimum Gasteiger partial charge on any atom is -0.362 e. The van der Waals surface area contributed by atoms with Gasteiger partial charge in [-0.3, -0.25) is 4.79 Å². The fraction of sp³-hybridized carbons (Fsp3) is 0.400. The first-order valence-corrected chi connectivity index (χ1v) is 11.0. The lowest BCUT2D eigenvalue weighted by Gasteiger charge is -2.30. The highest BCUT2D eigenvalue weighted by atomic mass is 16.1. The third kappa shape index (κ3) is 5.13. The number of aryl methyl sites for hydroxylation is 1. The van der Waals surface area contributed by atoms with Crippen LogP contribution < -0.4 is 15.5 Å². The van der Waals surface area contributed by atoms with Crippen molar-refractivity contribution in [1.29, 1.82) is 0 Å². The highest BCUT2D eigenvalue weighted by Crippen LogP contribution is 2.26. The molecule has 162 valence electrons. The Morgan fingerprint density at radius 1 is 0.968 bits per heavy atom. The summed E-state index contributed by atoms with van der Waals surface area (Å²) in [7, 11) is 4.01. The van der Waals surface area contributed by atoms with Crippen LogP contribution in [0.25, 0.3) is 10.9 Å². The number of anilines is 2. The third-order valence-electron chi connectivity index (χ3n) is 6.04. The molecule has 0 atom stereocenters. The molecule has 1 amide bonds. The maximum atomic E-state index is 12.5. The first-order chi connectivity index (χ1) is 15.0. The molecule has 0 aliphatic heterocycles. The number of carbonyl (C=O) groups is 1. The molecular weight excluding hydrogens is 386 g/mol. The Morgan fingerprint density at radius 3 is 2.39 bits per heavy atom. The van der Waals surface area contributed by atoms with Crippen LogP contribution in [0.1, 0.15) is 36.8 Å². The van der Waals surface area contributed by atoms with Crippen LogP contribution >= 0.6 is 0 Å². The molecule has 0 bridgehead atoms. The fourth-order valence-electron chi connectivity index (χ4n) is 4.29. The second-order valence-electron chi connectivity index (χ2n) is 8.65. The van der Waals surface area contributed by atoms with E-state index in [0.29, 0.717) is 18.4 Å². The fourth-order valence-corrected chi connectivity index (χ4v) is 4.29. The molecule has 1 aliphatic rings. The number of aromatic nitrogens is 2. The Morgan fingerprint density at radius 2 is 1.65 bits per heavy atom. The number of hydrogen-bond donors (Lipinski definition) is 2. The van der Waals surface area contributed by atoms with E-state index in [2.05, 4.69) is 29.7 Å². The zero-order chi connectivity index (χ0) is 21.8. The summed E-state index contributed by atoms with van der Waals surface area (Å²) in [5.41, 5.74) is 3.21. The summed E-state index contributed by atoms with van der Waals surface area (Å²) < 4.78 is 0. The first kappa shape index (κ1) is 21.1. The average molecular weight is 418 g/mol. The molecule has 3 aromatic rings. The molecule has 6 nitrogen and oxygen atoms in total. The van der Waals surface area contributed by atoms with Crippen LogP contribution in [-0.2, 0) is 11.2 Å². The van der Waals surface area contributed by atoms with Crippen LogP contribution in [0.4, 0.5) is 11.8 Å². The normalized spacial score (nSPS) is 18.5. The van der Waals surface area contributed by atoms with E-state index in [4.69, 9.17) is 9.97 Å². The number of nitrogens with zero attached hydrogens (tertiary/aromatic N) is 3. The van der Waals surface area contributed by atoms with Crippen LogP contribution in [0.5, 0.6) is 0 Å². The standard InChI is InChI=1S/C25H31N5O/c1-17-8-4-5-9-18(17)16-23(31)26-19-12-14-20(15-13-19)27-25-28-22-11-7-6-10-21(22)24(29-25)30(2)3/h4-11,19-20H,12-16H2,1-3H3,(H,26,31)(H,27,28,29). The highest BCUT2D eigenvalue weighted by molar-refractivity contribution is 5.90.